The van der Waals surface area contributed by atoms with Gasteiger partial charge in [0.2, 0.25) is 5.91 Å². The summed E-state index contributed by atoms with van der Waals surface area (Å²) in [6.07, 6.45) is 2.58. The molecule has 1 unspecified atom stereocenters. The van der Waals surface area contributed by atoms with Gasteiger partial charge in [0.05, 0.1) is 6.61 Å². The van der Waals surface area contributed by atoms with E-state index in [-0.39, 0.29) is 11.9 Å². The normalized spacial score (nSPS) is 17.9. The maximum Gasteiger partial charge on any atom is 0.223 e. The summed E-state index contributed by atoms with van der Waals surface area (Å²) in [6.45, 7) is 1.44. The molecule has 110 valence electrons. The van der Waals surface area contributed by atoms with Gasteiger partial charge in [-0.25, -0.2) is 0 Å². The van der Waals surface area contributed by atoms with Gasteiger partial charge >= 0.3 is 0 Å². The van der Waals surface area contributed by atoms with E-state index in [1.807, 2.05) is 12.1 Å². The van der Waals surface area contributed by atoms with E-state index >= 15 is 0 Å². The highest BCUT2D eigenvalue weighted by atomic mass is 79.9. The Kier molecular flexibility index (Phi) is 5.43. The summed E-state index contributed by atoms with van der Waals surface area (Å²) < 4.78 is 6.81. The van der Waals surface area contributed by atoms with Crippen molar-refractivity contribution in [1.82, 2.24) is 10.2 Å². The van der Waals surface area contributed by atoms with Crippen LogP contribution >= 0.6 is 15.9 Å². The molecule has 1 aliphatic heterocycles. The number of benzene rings is 1. The van der Waals surface area contributed by atoms with Crippen LogP contribution in [0.15, 0.2) is 22.7 Å². The maximum atomic E-state index is 11.6. The van der Waals surface area contributed by atoms with Crippen molar-refractivity contribution in [1.29, 1.82) is 0 Å². The third kappa shape index (κ3) is 3.96. The van der Waals surface area contributed by atoms with Crippen molar-refractivity contribution in [3.8, 4) is 5.75 Å². The Labute approximate surface area is 128 Å². The smallest absolute Gasteiger partial charge is 0.223 e. The number of fused-ring (bicyclic) bond motifs is 1. The van der Waals surface area contributed by atoms with Crippen LogP contribution in [0, 0.1) is 0 Å². The Morgan fingerprint density at radius 1 is 1.50 bits per heavy atom. The molecule has 1 aromatic rings. The highest BCUT2D eigenvalue weighted by Gasteiger charge is 2.19. The number of hydrogen-bond acceptors (Lipinski definition) is 3. The van der Waals surface area contributed by atoms with Crippen LogP contribution in [0.4, 0.5) is 0 Å². The molecule has 0 bridgehead atoms. The summed E-state index contributed by atoms with van der Waals surface area (Å²) in [4.78, 5) is 13.2. The van der Waals surface area contributed by atoms with E-state index in [2.05, 4.69) is 27.3 Å². The lowest BCUT2D eigenvalue weighted by Gasteiger charge is -2.19. The predicted molar refractivity (Wildman–Crippen MR) is 82.9 cm³/mol. The van der Waals surface area contributed by atoms with Crippen molar-refractivity contribution >= 4 is 21.8 Å². The molecule has 1 aliphatic rings. The van der Waals surface area contributed by atoms with E-state index in [4.69, 9.17) is 4.74 Å². The highest BCUT2D eigenvalue weighted by Crippen LogP contribution is 2.33. The molecule has 0 spiro atoms. The zero-order chi connectivity index (χ0) is 14.5. The fourth-order valence-electron chi connectivity index (χ4n) is 2.34. The molecule has 1 aromatic carbocycles. The first-order chi connectivity index (χ1) is 9.58. The fraction of sp³-hybridized carbons (Fsp3) is 0.533. The third-order valence-electron chi connectivity index (χ3n) is 3.47. The highest BCUT2D eigenvalue weighted by molar-refractivity contribution is 9.10. The van der Waals surface area contributed by atoms with Crippen molar-refractivity contribution in [3.63, 3.8) is 0 Å². The van der Waals surface area contributed by atoms with Crippen molar-refractivity contribution in [3.05, 3.63) is 28.2 Å². The van der Waals surface area contributed by atoms with Gasteiger partial charge in [0.15, 0.2) is 0 Å². The molecule has 0 fully saturated rings. The zero-order valence-electron chi connectivity index (χ0n) is 12.0. The van der Waals surface area contributed by atoms with E-state index in [0.717, 1.165) is 29.7 Å². The van der Waals surface area contributed by atoms with Crippen LogP contribution in [0.25, 0.3) is 0 Å². The Morgan fingerprint density at radius 2 is 2.30 bits per heavy atom. The summed E-state index contributed by atoms with van der Waals surface area (Å²) in [7, 11) is 3.57. The summed E-state index contributed by atoms with van der Waals surface area (Å²) in [6, 6.07) is 6.40. The second kappa shape index (κ2) is 7.09. The number of hydrogen-bond donors (Lipinski definition) is 1. The second-order valence-electron chi connectivity index (χ2n) is 5.22. The van der Waals surface area contributed by atoms with Gasteiger partial charge in [-0.1, -0.05) is 22.0 Å². The van der Waals surface area contributed by atoms with E-state index in [1.54, 1.807) is 19.0 Å². The van der Waals surface area contributed by atoms with Crippen molar-refractivity contribution < 1.29 is 9.53 Å². The standard InChI is InChI=1S/C15H21BrN2O2/c1-18(2)15(19)7-8-17-13-4-3-9-20-14-10-11(16)5-6-12(13)14/h5-6,10,13,17H,3-4,7-9H2,1-2H3. The average molecular weight is 341 g/mol. The zero-order valence-corrected chi connectivity index (χ0v) is 13.6. The number of amides is 1. The van der Waals surface area contributed by atoms with Gasteiger partial charge < -0.3 is 15.0 Å². The summed E-state index contributed by atoms with van der Waals surface area (Å²) >= 11 is 3.47. The summed E-state index contributed by atoms with van der Waals surface area (Å²) in [5.74, 6) is 1.09. The van der Waals surface area contributed by atoms with Gasteiger partial charge in [0.1, 0.15) is 5.75 Å². The van der Waals surface area contributed by atoms with E-state index < -0.39 is 0 Å². The van der Waals surface area contributed by atoms with Gasteiger partial charge in [-0.2, -0.15) is 0 Å². The number of nitrogens with one attached hydrogen (secondary N) is 1. The molecule has 1 N–H and O–H groups in total. The van der Waals surface area contributed by atoms with Crippen LogP contribution in [-0.4, -0.2) is 38.1 Å². The second-order valence-corrected chi connectivity index (χ2v) is 6.13. The molecular weight excluding hydrogens is 320 g/mol. The van der Waals surface area contributed by atoms with Crippen LogP contribution in [0.2, 0.25) is 0 Å². The van der Waals surface area contributed by atoms with Crippen LogP contribution in [-0.2, 0) is 4.79 Å². The molecule has 0 radical (unpaired) electrons. The van der Waals surface area contributed by atoms with Crippen LogP contribution in [0.3, 0.4) is 0 Å². The van der Waals surface area contributed by atoms with Crippen molar-refractivity contribution in [2.45, 2.75) is 25.3 Å². The molecule has 1 atom stereocenters. The summed E-state index contributed by atoms with van der Waals surface area (Å²) in [5.41, 5.74) is 1.18. The number of rotatable bonds is 4. The number of ether oxygens (including phenoxy) is 1. The fourth-order valence-corrected chi connectivity index (χ4v) is 2.68. The van der Waals surface area contributed by atoms with Crippen molar-refractivity contribution in [2.24, 2.45) is 0 Å². The van der Waals surface area contributed by atoms with Gasteiger partial charge in [-0.3, -0.25) is 4.79 Å². The monoisotopic (exact) mass is 340 g/mol. The molecular formula is C15H21BrN2O2. The van der Waals surface area contributed by atoms with Crippen LogP contribution < -0.4 is 10.1 Å². The lowest BCUT2D eigenvalue weighted by atomic mass is 10.0. The minimum atomic E-state index is 0.151. The number of halogens is 1. The quantitative estimate of drug-likeness (QED) is 0.916. The third-order valence-corrected chi connectivity index (χ3v) is 3.97. The van der Waals surface area contributed by atoms with Crippen LogP contribution in [0.5, 0.6) is 5.75 Å². The molecule has 4 nitrogen and oxygen atoms in total. The first kappa shape index (κ1) is 15.3. The predicted octanol–water partition coefficient (Wildman–Crippen LogP) is 2.73. The molecule has 20 heavy (non-hydrogen) atoms. The van der Waals surface area contributed by atoms with Gasteiger partial charge in [0.25, 0.3) is 0 Å². The van der Waals surface area contributed by atoms with Crippen molar-refractivity contribution in [2.75, 3.05) is 27.2 Å². The molecule has 1 heterocycles. The number of nitrogens with zero attached hydrogens (tertiary/aromatic N) is 1. The Bertz CT molecular complexity index is 477. The SMILES string of the molecule is CN(C)C(=O)CCNC1CCCOc2cc(Br)ccc21. The molecule has 0 aliphatic carbocycles. The van der Waals surface area contributed by atoms with E-state index in [9.17, 15) is 4.79 Å². The minimum absolute atomic E-state index is 0.151. The average Bonchev–Trinajstić information content (AvgIpc) is 2.60. The van der Waals surface area contributed by atoms with E-state index in [0.29, 0.717) is 13.0 Å². The Balaban J connectivity index is 2.00. The van der Waals surface area contributed by atoms with Gasteiger partial charge in [-0.15, -0.1) is 0 Å². The number of carbonyl (C=O) groups is 1. The van der Waals surface area contributed by atoms with Gasteiger partial charge in [0, 0.05) is 43.1 Å². The summed E-state index contributed by atoms with van der Waals surface area (Å²) in [5, 5.41) is 3.48. The van der Waals surface area contributed by atoms with Gasteiger partial charge in [-0.05, 0) is 25.0 Å². The molecule has 0 saturated heterocycles. The molecule has 0 aromatic heterocycles. The van der Waals surface area contributed by atoms with Crippen LogP contribution in [0.1, 0.15) is 30.9 Å². The number of carbonyl (C=O) groups excluding carboxylic acids is 1. The van der Waals surface area contributed by atoms with E-state index in [1.165, 1.54) is 5.56 Å². The minimum Gasteiger partial charge on any atom is -0.493 e. The first-order valence-corrected chi connectivity index (χ1v) is 7.73. The lowest BCUT2D eigenvalue weighted by molar-refractivity contribution is -0.128. The molecule has 1 amide bonds. The largest absolute Gasteiger partial charge is 0.493 e. The first-order valence-electron chi connectivity index (χ1n) is 6.93. The topological polar surface area (TPSA) is 41.6 Å². The lowest BCUT2D eigenvalue weighted by Crippen LogP contribution is -2.28. The molecule has 2 rings (SSSR count). The Morgan fingerprint density at radius 3 is 3.05 bits per heavy atom. The molecule has 5 heteroatoms. The molecule has 0 saturated carbocycles. The maximum absolute atomic E-state index is 11.6. The Hall–Kier alpha value is -1.07.